The second-order valence-electron chi connectivity index (χ2n) is 6.28. The number of benzene rings is 1. The summed E-state index contributed by atoms with van der Waals surface area (Å²) in [6, 6.07) is 7.64. The molecule has 0 aliphatic carbocycles. The molecular weight excluding hydrogens is 435 g/mol. The van der Waals surface area contributed by atoms with Crippen LogP contribution in [-0.2, 0) is 13.1 Å². The molecule has 154 valence electrons. The van der Waals surface area contributed by atoms with Crippen molar-refractivity contribution in [3.05, 3.63) is 73.7 Å². The van der Waals surface area contributed by atoms with Crippen LogP contribution in [0.2, 0.25) is 5.02 Å². The number of hydrogen-bond donors (Lipinski definition) is 1. The number of anilines is 2. The molecule has 0 saturated heterocycles. The van der Waals surface area contributed by atoms with Gasteiger partial charge in [0.15, 0.2) is 5.82 Å². The molecule has 1 N–H and O–H groups in total. The van der Waals surface area contributed by atoms with E-state index in [4.69, 9.17) is 11.6 Å². The molecule has 0 amide bonds. The average Bonchev–Trinajstić information content (AvgIpc) is 3.41. The fraction of sp³-hybridized carbons (Fsp3) is 0.176. The van der Waals surface area contributed by atoms with Gasteiger partial charge in [-0.15, -0.1) is 10.2 Å². The first-order valence-electron chi connectivity index (χ1n) is 8.63. The van der Waals surface area contributed by atoms with Crippen LogP contribution >= 0.6 is 22.9 Å². The molecular formula is C17H14ClFN8O2S. The lowest BCUT2D eigenvalue weighted by Gasteiger charge is -2.05. The van der Waals surface area contributed by atoms with Crippen molar-refractivity contribution in [2.45, 2.75) is 20.0 Å². The predicted octanol–water partition coefficient (Wildman–Crippen LogP) is 3.78. The van der Waals surface area contributed by atoms with E-state index >= 15 is 0 Å². The molecule has 3 heterocycles. The number of nitrogens with one attached hydrogen (secondary N) is 1. The van der Waals surface area contributed by atoms with Crippen molar-refractivity contribution in [3.63, 3.8) is 0 Å². The maximum atomic E-state index is 13.9. The Kier molecular flexibility index (Phi) is 5.42. The summed E-state index contributed by atoms with van der Waals surface area (Å²) in [4.78, 5) is 10.3. The van der Waals surface area contributed by atoms with E-state index in [1.165, 1.54) is 28.2 Å². The van der Waals surface area contributed by atoms with E-state index in [0.29, 0.717) is 32.2 Å². The lowest BCUT2D eigenvalue weighted by molar-refractivity contribution is -0.389. The number of halogens is 2. The van der Waals surface area contributed by atoms with E-state index in [-0.39, 0.29) is 18.9 Å². The predicted molar refractivity (Wildman–Crippen MR) is 109 cm³/mol. The van der Waals surface area contributed by atoms with Gasteiger partial charge in [-0.3, -0.25) is 4.68 Å². The third kappa shape index (κ3) is 4.28. The molecule has 0 aliphatic heterocycles. The minimum atomic E-state index is -0.540. The molecule has 4 aromatic rings. The number of aryl methyl sites for hydroxylation is 1. The number of nitro groups is 1. The van der Waals surface area contributed by atoms with Crippen LogP contribution in [0.3, 0.4) is 0 Å². The summed E-state index contributed by atoms with van der Waals surface area (Å²) >= 11 is 7.33. The molecule has 0 bridgehead atoms. The van der Waals surface area contributed by atoms with Gasteiger partial charge in [0.25, 0.3) is 0 Å². The van der Waals surface area contributed by atoms with Crippen molar-refractivity contribution in [1.29, 1.82) is 0 Å². The molecule has 10 nitrogen and oxygen atoms in total. The van der Waals surface area contributed by atoms with Gasteiger partial charge >= 0.3 is 5.82 Å². The first-order valence-corrected chi connectivity index (χ1v) is 9.83. The molecule has 13 heteroatoms. The zero-order valence-electron chi connectivity index (χ0n) is 15.5. The van der Waals surface area contributed by atoms with Gasteiger partial charge in [-0.2, -0.15) is 9.78 Å². The maximum Gasteiger partial charge on any atom is 0.390 e. The zero-order valence-corrected chi connectivity index (χ0v) is 17.1. The van der Waals surface area contributed by atoms with Gasteiger partial charge in [-0.05, 0) is 24.0 Å². The number of nitrogens with zero attached hydrogens (tertiary/aromatic N) is 7. The van der Waals surface area contributed by atoms with Gasteiger partial charge in [-0.1, -0.05) is 29.0 Å². The fourth-order valence-corrected chi connectivity index (χ4v) is 3.66. The first-order chi connectivity index (χ1) is 14.4. The molecule has 0 fully saturated rings. The van der Waals surface area contributed by atoms with Crippen molar-refractivity contribution in [2.75, 3.05) is 5.32 Å². The second kappa shape index (κ2) is 8.16. The summed E-state index contributed by atoms with van der Waals surface area (Å²) in [6.45, 7) is 2.18. The van der Waals surface area contributed by atoms with Gasteiger partial charge in [0, 0.05) is 22.8 Å². The van der Waals surface area contributed by atoms with Crippen LogP contribution in [0, 0.1) is 22.9 Å². The van der Waals surface area contributed by atoms with Crippen LogP contribution in [0.5, 0.6) is 0 Å². The molecule has 3 aromatic heterocycles. The molecule has 0 spiro atoms. The highest BCUT2D eigenvalue weighted by molar-refractivity contribution is 7.15. The summed E-state index contributed by atoms with van der Waals surface area (Å²) in [7, 11) is 0. The van der Waals surface area contributed by atoms with Crippen LogP contribution in [-0.4, -0.2) is 34.7 Å². The summed E-state index contributed by atoms with van der Waals surface area (Å²) in [5, 5.41) is 31.7. The lowest BCUT2D eigenvalue weighted by atomic mass is 10.2. The second-order valence-corrected chi connectivity index (χ2v) is 7.75. The Morgan fingerprint density at radius 1 is 1.27 bits per heavy atom. The SMILES string of the molecule is Cc1cc([N+](=O)[O-])nn1Cc1nnc(Nc2ccn(Cc3c(F)cccc3Cl)n2)s1. The van der Waals surface area contributed by atoms with Crippen LogP contribution in [0.15, 0.2) is 36.5 Å². The Morgan fingerprint density at radius 2 is 2.10 bits per heavy atom. The van der Waals surface area contributed by atoms with Crippen molar-refractivity contribution >= 4 is 39.7 Å². The van der Waals surface area contributed by atoms with Gasteiger partial charge in [0.2, 0.25) is 5.13 Å². The number of rotatable bonds is 7. The van der Waals surface area contributed by atoms with Gasteiger partial charge in [0.05, 0.1) is 23.4 Å². The van der Waals surface area contributed by atoms with Crippen LogP contribution in [0.1, 0.15) is 16.3 Å². The van der Waals surface area contributed by atoms with E-state index < -0.39 is 10.7 Å². The molecule has 1 aromatic carbocycles. The van der Waals surface area contributed by atoms with Crippen molar-refractivity contribution in [3.8, 4) is 0 Å². The molecule has 4 rings (SSSR count). The largest absolute Gasteiger partial charge is 0.390 e. The quantitative estimate of drug-likeness (QED) is 0.337. The van der Waals surface area contributed by atoms with E-state index in [2.05, 4.69) is 25.7 Å². The summed E-state index contributed by atoms with van der Waals surface area (Å²) in [5.74, 6) is -0.0950. The Bertz CT molecular complexity index is 1200. The monoisotopic (exact) mass is 448 g/mol. The summed E-state index contributed by atoms with van der Waals surface area (Å²) in [6.07, 6.45) is 1.69. The Labute approximate surface area is 178 Å². The Balaban J connectivity index is 1.43. The standard InChI is InChI=1S/C17H14ClFN8O2S/c1-10-7-15(27(28)29)24-26(10)9-16-21-22-17(30-16)20-14-5-6-25(23-14)8-11-12(18)3-2-4-13(11)19/h2-7H,8-9H2,1H3,(H,20,22,23). The number of aromatic nitrogens is 6. The first kappa shape index (κ1) is 19.9. The molecule has 30 heavy (non-hydrogen) atoms. The molecule has 0 radical (unpaired) electrons. The summed E-state index contributed by atoms with van der Waals surface area (Å²) < 4.78 is 17.0. The lowest BCUT2D eigenvalue weighted by Crippen LogP contribution is -2.04. The fourth-order valence-electron chi connectivity index (χ4n) is 2.71. The highest BCUT2D eigenvalue weighted by Crippen LogP contribution is 2.23. The van der Waals surface area contributed by atoms with Gasteiger partial charge in [-0.25, -0.2) is 4.39 Å². The molecule has 0 atom stereocenters. The average molecular weight is 449 g/mol. The molecule has 0 aliphatic rings. The zero-order chi connectivity index (χ0) is 21.3. The highest BCUT2D eigenvalue weighted by atomic mass is 35.5. The van der Waals surface area contributed by atoms with Crippen LogP contribution in [0.25, 0.3) is 0 Å². The normalized spacial score (nSPS) is 11.0. The van der Waals surface area contributed by atoms with Crippen LogP contribution in [0.4, 0.5) is 21.2 Å². The van der Waals surface area contributed by atoms with Crippen molar-refractivity contribution in [2.24, 2.45) is 0 Å². The number of hydrogen-bond acceptors (Lipinski definition) is 8. The third-order valence-corrected chi connectivity index (χ3v) is 5.34. The van der Waals surface area contributed by atoms with E-state index in [1.54, 1.807) is 36.0 Å². The topological polar surface area (TPSA) is 117 Å². The highest BCUT2D eigenvalue weighted by Gasteiger charge is 2.17. The van der Waals surface area contributed by atoms with Gasteiger partial charge < -0.3 is 15.4 Å². The maximum absolute atomic E-state index is 13.9. The van der Waals surface area contributed by atoms with Crippen molar-refractivity contribution < 1.29 is 9.31 Å². The summed E-state index contributed by atoms with van der Waals surface area (Å²) in [5.41, 5.74) is 1.01. The third-order valence-electron chi connectivity index (χ3n) is 4.16. The van der Waals surface area contributed by atoms with E-state index in [9.17, 15) is 14.5 Å². The van der Waals surface area contributed by atoms with E-state index in [1.807, 2.05) is 0 Å². The Morgan fingerprint density at radius 3 is 2.83 bits per heavy atom. The minimum Gasteiger partial charge on any atom is -0.358 e. The minimum absolute atomic E-state index is 0.186. The van der Waals surface area contributed by atoms with Gasteiger partial charge in [0.1, 0.15) is 17.4 Å². The van der Waals surface area contributed by atoms with Crippen molar-refractivity contribution in [1.82, 2.24) is 29.8 Å². The van der Waals surface area contributed by atoms with E-state index in [0.717, 1.165) is 0 Å². The van der Waals surface area contributed by atoms with Crippen LogP contribution < -0.4 is 5.32 Å². The Hall–Kier alpha value is -3.38. The molecule has 0 saturated carbocycles. The smallest absolute Gasteiger partial charge is 0.358 e. The molecule has 0 unspecified atom stereocenters.